The number of carbonyl (C=O) groups is 4. The van der Waals surface area contributed by atoms with Crippen LogP contribution in [0.2, 0.25) is 0 Å². The van der Waals surface area contributed by atoms with Crippen LogP contribution in [0, 0.1) is 0 Å². The molecule has 0 bridgehead atoms. The lowest BCUT2D eigenvalue weighted by atomic mass is 10.1. The highest BCUT2D eigenvalue weighted by Crippen LogP contribution is 2.32. The summed E-state index contributed by atoms with van der Waals surface area (Å²) in [4.78, 5) is 44.7. The summed E-state index contributed by atoms with van der Waals surface area (Å²) in [6, 6.07) is 0. The first kappa shape index (κ1) is 27.8. The third-order valence-corrected chi connectivity index (χ3v) is 5.77. The van der Waals surface area contributed by atoms with Crippen LogP contribution in [-0.4, -0.2) is 99.1 Å². The highest BCUT2D eigenvalue weighted by Gasteiger charge is 2.52. The van der Waals surface area contributed by atoms with Gasteiger partial charge in [0.05, 0.1) is 26.4 Å². The zero-order valence-corrected chi connectivity index (χ0v) is 20.8. The van der Waals surface area contributed by atoms with E-state index in [1.54, 1.807) is 13.8 Å². The van der Waals surface area contributed by atoms with Crippen molar-refractivity contribution < 1.29 is 57.1 Å². The summed E-state index contributed by atoms with van der Waals surface area (Å²) < 4.78 is 42.5. The molecular formula is C24H32O12. The Hall–Kier alpha value is -2.80. The fourth-order valence-corrected chi connectivity index (χ4v) is 4.16. The van der Waals surface area contributed by atoms with Crippen molar-refractivity contribution in [1.82, 2.24) is 0 Å². The molecule has 36 heavy (non-hydrogen) atoms. The summed E-state index contributed by atoms with van der Waals surface area (Å²) >= 11 is 0. The van der Waals surface area contributed by atoms with E-state index in [1.807, 2.05) is 0 Å². The zero-order chi connectivity index (χ0) is 26.6. The highest BCUT2D eigenvalue weighted by atomic mass is 16.7. The fourth-order valence-electron chi connectivity index (χ4n) is 4.16. The Labute approximate surface area is 208 Å². The topological polar surface area (TPSA) is 142 Å². The monoisotopic (exact) mass is 512 g/mol. The third kappa shape index (κ3) is 6.69. The van der Waals surface area contributed by atoms with E-state index in [2.05, 4.69) is 13.2 Å². The number of esters is 4. The number of rotatable bonds is 6. The first-order chi connectivity index (χ1) is 17.0. The zero-order valence-electron chi connectivity index (χ0n) is 20.8. The second-order valence-corrected chi connectivity index (χ2v) is 8.94. The summed E-state index contributed by atoms with van der Waals surface area (Å²) in [7, 11) is 0. The first-order valence-corrected chi connectivity index (χ1v) is 11.5. The second-order valence-electron chi connectivity index (χ2n) is 8.94. The number of fused-ring (bicyclic) bond motifs is 2. The van der Waals surface area contributed by atoms with Crippen molar-refractivity contribution >= 4 is 23.9 Å². The van der Waals surface area contributed by atoms with Crippen LogP contribution in [-0.2, 0) is 57.1 Å². The van der Waals surface area contributed by atoms with Crippen LogP contribution >= 0.6 is 0 Å². The van der Waals surface area contributed by atoms with E-state index in [9.17, 15) is 19.2 Å². The van der Waals surface area contributed by atoms with E-state index < -0.39 is 36.4 Å². The van der Waals surface area contributed by atoms with Crippen molar-refractivity contribution in [1.29, 1.82) is 0 Å². The number of hydrogen-bond donors (Lipinski definition) is 0. The first-order valence-electron chi connectivity index (χ1n) is 11.5. The molecule has 200 valence electrons. The molecule has 4 aliphatic heterocycles. The summed E-state index contributed by atoms with van der Waals surface area (Å²) in [5.41, 5.74) is 0.654. The normalized spacial score (nSPS) is 33.9. The van der Waals surface area contributed by atoms with Gasteiger partial charge >= 0.3 is 23.9 Å². The van der Waals surface area contributed by atoms with Gasteiger partial charge < -0.3 is 37.9 Å². The van der Waals surface area contributed by atoms with E-state index in [0.29, 0.717) is 11.1 Å². The Morgan fingerprint density at radius 3 is 1.00 bits per heavy atom. The third-order valence-electron chi connectivity index (χ3n) is 5.77. The van der Waals surface area contributed by atoms with Gasteiger partial charge in [0.15, 0.2) is 24.4 Å². The molecule has 4 saturated heterocycles. The van der Waals surface area contributed by atoms with Crippen molar-refractivity contribution in [2.45, 2.75) is 76.5 Å². The van der Waals surface area contributed by atoms with Crippen molar-refractivity contribution in [3.63, 3.8) is 0 Å². The van der Waals surface area contributed by atoms with Gasteiger partial charge in [-0.3, -0.25) is 9.59 Å². The van der Waals surface area contributed by atoms with E-state index in [0.717, 1.165) is 0 Å². The molecule has 0 aromatic heterocycles. The fraction of sp³-hybridized carbons (Fsp3) is 0.667. The summed E-state index contributed by atoms with van der Waals surface area (Å²) in [6.07, 6.45) is -3.29. The molecule has 0 aliphatic carbocycles. The van der Waals surface area contributed by atoms with Gasteiger partial charge in [-0.05, 0) is 13.8 Å². The Kier molecular flexibility index (Phi) is 9.23. The lowest BCUT2D eigenvalue weighted by Gasteiger charge is -2.16. The maximum atomic E-state index is 11.4. The molecule has 0 radical (unpaired) electrons. The maximum absolute atomic E-state index is 11.4. The van der Waals surface area contributed by atoms with E-state index >= 15 is 0 Å². The lowest BCUT2D eigenvalue weighted by Crippen LogP contribution is -2.35. The molecule has 4 heterocycles. The van der Waals surface area contributed by atoms with Gasteiger partial charge in [-0.25, -0.2) is 9.59 Å². The van der Waals surface area contributed by atoms with E-state index in [1.165, 1.54) is 13.8 Å². The molecule has 4 fully saturated rings. The second kappa shape index (κ2) is 12.0. The van der Waals surface area contributed by atoms with E-state index in [-0.39, 0.29) is 62.8 Å². The van der Waals surface area contributed by atoms with Crippen molar-refractivity contribution in [3.05, 3.63) is 24.3 Å². The van der Waals surface area contributed by atoms with Crippen molar-refractivity contribution in [2.24, 2.45) is 0 Å². The molecule has 0 aromatic rings. The number of hydrogen-bond acceptors (Lipinski definition) is 12. The number of ether oxygens (including phenoxy) is 8. The van der Waals surface area contributed by atoms with Crippen LogP contribution in [0.3, 0.4) is 0 Å². The molecule has 0 amide bonds. The molecule has 4 rings (SSSR count). The maximum Gasteiger partial charge on any atom is 0.333 e. The standard InChI is InChI=1S/2C12H16O6/c2*1-6(2)12(14)18-9-5-16-10-8(17-7(3)13)4-15-11(9)10/h2*8-11H,1,4-5H2,2-3H3/t8-,9+,10+,11+;8-,9+,10-,11-/m01/s1. The highest BCUT2D eigenvalue weighted by molar-refractivity contribution is 5.87. The van der Waals surface area contributed by atoms with Gasteiger partial charge in [0, 0.05) is 25.0 Å². The molecule has 0 unspecified atom stereocenters. The summed E-state index contributed by atoms with van der Waals surface area (Å²) in [5, 5.41) is 0. The van der Waals surface area contributed by atoms with Crippen LogP contribution in [0.4, 0.5) is 0 Å². The molecule has 4 aliphatic rings. The minimum Gasteiger partial charge on any atom is -0.457 e. The average Bonchev–Trinajstić information content (AvgIpc) is 3.54. The van der Waals surface area contributed by atoms with Crippen LogP contribution in [0.5, 0.6) is 0 Å². The Balaban J connectivity index is 0.000000201. The minimum atomic E-state index is -0.472. The van der Waals surface area contributed by atoms with Crippen molar-refractivity contribution in [2.75, 3.05) is 26.4 Å². The smallest absolute Gasteiger partial charge is 0.333 e. The molecule has 0 saturated carbocycles. The Bertz CT molecular complexity index is 826. The van der Waals surface area contributed by atoms with Gasteiger partial charge in [-0.15, -0.1) is 0 Å². The lowest BCUT2D eigenvalue weighted by molar-refractivity contribution is -0.153. The number of carbonyl (C=O) groups excluding carboxylic acids is 4. The van der Waals surface area contributed by atoms with Gasteiger partial charge in [0.25, 0.3) is 0 Å². The quantitative estimate of drug-likeness (QED) is 0.276. The minimum absolute atomic E-state index is 0.242. The predicted octanol–water partition coefficient (Wildman–Crippen LogP) is 0.407. The van der Waals surface area contributed by atoms with Crippen LogP contribution in [0.1, 0.15) is 27.7 Å². The van der Waals surface area contributed by atoms with Gasteiger partial charge in [0.1, 0.15) is 24.4 Å². The molecule has 8 atom stereocenters. The Morgan fingerprint density at radius 1 is 0.528 bits per heavy atom. The molecule has 0 aromatic carbocycles. The van der Waals surface area contributed by atoms with Crippen molar-refractivity contribution in [3.8, 4) is 0 Å². The largest absolute Gasteiger partial charge is 0.457 e. The predicted molar refractivity (Wildman–Crippen MR) is 119 cm³/mol. The van der Waals surface area contributed by atoms with Crippen LogP contribution < -0.4 is 0 Å². The summed E-state index contributed by atoms with van der Waals surface area (Å²) in [6.45, 7) is 13.8. The molecule has 0 N–H and O–H groups in total. The molecule has 0 spiro atoms. The van der Waals surface area contributed by atoms with Crippen LogP contribution in [0.15, 0.2) is 24.3 Å². The molecule has 12 nitrogen and oxygen atoms in total. The molecular weight excluding hydrogens is 480 g/mol. The summed E-state index contributed by atoms with van der Waals surface area (Å²) in [5.74, 6) is -1.70. The molecule has 12 heteroatoms. The van der Waals surface area contributed by atoms with Crippen LogP contribution in [0.25, 0.3) is 0 Å². The van der Waals surface area contributed by atoms with Gasteiger partial charge in [-0.2, -0.15) is 0 Å². The average molecular weight is 513 g/mol. The Morgan fingerprint density at radius 2 is 0.778 bits per heavy atom. The SMILES string of the molecule is C=C(C)C(=O)O[C@@H]1CO[C@H]2[C@@H]1OC[C@@H]2OC(C)=O.C=C(C)C(=O)O[C@H]1CO[C@H]2[C@@H]1OC[C@H]2OC(C)=O. The van der Waals surface area contributed by atoms with E-state index in [4.69, 9.17) is 37.9 Å². The van der Waals surface area contributed by atoms with Gasteiger partial charge in [-0.1, -0.05) is 13.2 Å². The van der Waals surface area contributed by atoms with Gasteiger partial charge in [0.2, 0.25) is 0 Å².